The molecule has 3 saturated carbocycles. The van der Waals surface area contributed by atoms with Gasteiger partial charge in [0.1, 0.15) is 5.92 Å². The van der Waals surface area contributed by atoms with Crippen LogP contribution in [0.25, 0.3) is 4.85 Å². The van der Waals surface area contributed by atoms with Crippen molar-refractivity contribution in [2.24, 2.45) is 53.3 Å². The van der Waals surface area contributed by atoms with E-state index in [1.807, 2.05) is 0 Å². The van der Waals surface area contributed by atoms with Crippen LogP contribution in [0.4, 0.5) is 0 Å². The highest BCUT2D eigenvalue weighted by Gasteiger charge is 2.60. The quantitative estimate of drug-likeness (QED) is 0.657. The van der Waals surface area contributed by atoms with Crippen molar-refractivity contribution >= 4 is 0 Å². The number of nitriles is 1. The molecule has 3 aliphatic rings. The van der Waals surface area contributed by atoms with Gasteiger partial charge in [-0.25, -0.2) is 6.57 Å². The molecular weight excluding hydrogens is 268 g/mol. The first-order valence-corrected chi connectivity index (χ1v) is 9.24. The normalized spacial score (nSPS) is 47.1. The molecule has 8 unspecified atom stereocenters. The molecule has 3 rings (SSSR count). The number of rotatable bonds is 2. The first kappa shape index (κ1) is 15.9. The van der Waals surface area contributed by atoms with Crippen LogP contribution in [0.2, 0.25) is 0 Å². The Morgan fingerprint density at radius 3 is 1.77 bits per heavy atom. The second kappa shape index (κ2) is 5.88. The van der Waals surface area contributed by atoms with E-state index >= 15 is 0 Å². The van der Waals surface area contributed by atoms with Gasteiger partial charge in [0, 0.05) is 5.92 Å². The molecule has 0 aliphatic heterocycles. The van der Waals surface area contributed by atoms with E-state index in [4.69, 9.17) is 6.57 Å². The van der Waals surface area contributed by atoms with E-state index in [1.54, 1.807) is 0 Å². The number of fused-ring (bicyclic) bond motifs is 3. The van der Waals surface area contributed by atoms with E-state index in [-0.39, 0.29) is 12.0 Å². The summed E-state index contributed by atoms with van der Waals surface area (Å²) in [6, 6.07) is 2.56. The van der Waals surface area contributed by atoms with E-state index in [9.17, 15) is 5.26 Å². The molecule has 0 radical (unpaired) electrons. The monoisotopic (exact) mass is 298 g/mol. The third kappa shape index (κ3) is 2.36. The molecule has 0 aromatic carbocycles. The van der Waals surface area contributed by atoms with Gasteiger partial charge < -0.3 is 4.85 Å². The molecule has 0 aromatic heterocycles. The lowest BCUT2D eigenvalue weighted by atomic mass is 9.62. The zero-order valence-corrected chi connectivity index (χ0v) is 14.5. The summed E-state index contributed by atoms with van der Waals surface area (Å²) in [5, 5.41) is 9.77. The summed E-state index contributed by atoms with van der Waals surface area (Å²) in [6.45, 7) is 17.0. The van der Waals surface area contributed by atoms with Crippen molar-refractivity contribution in [2.45, 2.75) is 59.4 Å². The van der Waals surface area contributed by atoms with Gasteiger partial charge in [0.05, 0.1) is 6.07 Å². The Balaban J connectivity index is 1.91. The Morgan fingerprint density at radius 2 is 1.32 bits per heavy atom. The zero-order valence-electron chi connectivity index (χ0n) is 14.5. The highest BCUT2D eigenvalue weighted by Crippen LogP contribution is 2.60. The van der Waals surface area contributed by atoms with E-state index in [0.29, 0.717) is 11.8 Å². The lowest BCUT2D eigenvalue weighted by Gasteiger charge is -2.39. The zero-order chi connectivity index (χ0) is 16.0. The van der Waals surface area contributed by atoms with Gasteiger partial charge in [-0.3, -0.25) is 0 Å². The lowest BCUT2D eigenvalue weighted by molar-refractivity contribution is 0.0939. The fourth-order valence-electron chi connectivity index (χ4n) is 6.04. The fourth-order valence-corrected chi connectivity index (χ4v) is 6.04. The number of hydrogen-bond donors (Lipinski definition) is 0. The molecule has 8 atom stereocenters. The summed E-state index contributed by atoms with van der Waals surface area (Å²) < 4.78 is 0. The summed E-state index contributed by atoms with van der Waals surface area (Å²) in [5.74, 6) is 5.44. The van der Waals surface area contributed by atoms with E-state index in [1.165, 1.54) is 25.7 Å². The van der Waals surface area contributed by atoms with Crippen LogP contribution < -0.4 is 0 Å². The Kier molecular flexibility index (Phi) is 4.24. The molecule has 120 valence electrons. The van der Waals surface area contributed by atoms with Crippen LogP contribution in [-0.2, 0) is 0 Å². The average Bonchev–Trinajstić information content (AvgIpc) is 3.09. The molecule has 22 heavy (non-hydrogen) atoms. The van der Waals surface area contributed by atoms with Crippen molar-refractivity contribution < 1.29 is 0 Å². The molecule has 0 amide bonds. The largest absolute Gasteiger partial charge is 0.312 e. The van der Waals surface area contributed by atoms with E-state index in [2.05, 4.69) is 38.6 Å². The fraction of sp³-hybridized carbons (Fsp3) is 0.900. The van der Waals surface area contributed by atoms with Gasteiger partial charge in [-0.15, -0.1) is 0 Å². The van der Waals surface area contributed by atoms with Gasteiger partial charge >= 0.3 is 0 Å². The first-order valence-electron chi connectivity index (χ1n) is 9.24. The molecule has 3 aliphatic carbocycles. The van der Waals surface area contributed by atoms with Crippen molar-refractivity contribution in [1.29, 1.82) is 5.26 Å². The molecule has 0 aromatic rings. The Hall–Kier alpha value is -1.02. The topological polar surface area (TPSA) is 28.1 Å². The van der Waals surface area contributed by atoms with Gasteiger partial charge in [0.15, 0.2) is 0 Å². The third-order valence-electron chi connectivity index (χ3n) is 7.40. The molecule has 2 heteroatoms. The lowest BCUT2D eigenvalue weighted by Crippen LogP contribution is -2.43. The van der Waals surface area contributed by atoms with E-state index in [0.717, 1.165) is 35.5 Å². The maximum atomic E-state index is 9.77. The molecular formula is C20H30N2. The Morgan fingerprint density at radius 1 is 0.864 bits per heavy atom. The minimum atomic E-state index is -0.0223. The molecule has 3 fully saturated rings. The predicted octanol–water partition coefficient (Wildman–Crippen LogP) is 5.02. The minimum Gasteiger partial charge on any atom is -0.312 e. The van der Waals surface area contributed by atoms with Crippen LogP contribution >= 0.6 is 0 Å². The van der Waals surface area contributed by atoms with Crippen molar-refractivity contribution in [3.8, 4) is 6.07 Å². The van der Waals surface area contributed by atoms with Crippen molar-refractivity contribution in [1.82, 2.24) is 0 Å². The standard InChI is InChI=1S/C20H30N2/c1-11(2)13-6-15-16-7-14(12(3)4)9-18(16)20(22-5)19(10-21)17(15)8-13/h11-20H,6-9H2,1-4H3. The summed E-state index contributed by atoms with van der Waals surface area (Å²) >= 11 is 0. The highest BCUT2D eigenvalue weighted by molar-refractivity contribution is 5.15. The van der Waals surface area contributed by atoms with Gasteiger partial charge in [-0.1, -0.05) is 27.7 Å². The minimum absolute atomic E-state index is 0.00147. The van der Waals surface area contributed by atoms with Crippen LogP contribution in [0.5, 0.6) is 0 Å². The van der Waals surface area contributed by atoms with Gasteiger partial charge in [-0.05, 0) is 67.1 Å². The third-order valence-corrected chi connectivity index (χ3v) is 7.40. The van der Waals surface area contributed by atoms with Crippen molar-refractivity contribution in [2.75, 3.05) is 0 Å². The second-order valence-corrected chi connectivity index (χ2v) is 8.88. The number of nitrogens with zero attached hydrogens (tertiary/aromatic N) is 2. The second-order valence-electron chi connectivity index (χ2n) is 8.88. The van der Waals surface area contributed by atoms with Gasteiger partial charge in [0.25, 0.3) is 0 Å². The summed E-state index contributed by atoms with van der Waals surface area (Å²) in [4.78, 5) is 3.99. The van der Waals surface area contributed by atoms with E-state index < -0.39 is 0 Å². The van der Waals surface area contributed by atoms with Gasteiger partial charge in [-0.2, -0.15) is 5.26 Å². The van der Waals surface area contributed by atoms with Crippen LogP contribution in [0.1, 0.15) is 53.4 Å². The van der Waals surface area contributed by atoms with Crippen molar-refractivity contribution in [3.63, 3.8) is 0 Å². The van der Waals surface area contributed by atoms with Crippen LogP contribution in [0, 0.1) is 71.2 Å². The molecule has 0 spiro atoms. The molecule has 0 saturated heterocycles. The highest BCUT2D eigenvalue weighted by atomic mass is 14.8. The summed E-state index contributed by atoms with van der Waals surface area (Å²) in [6.07, 6.45) is 5.03. The molecule has 0 heterocycles. The summed E-state index contributed by atoms with van der Waals surface area (Å²) in [5.41, 5.74) is 0. The Bertz CT molecular complexity index is 449. The molecule has 2 nitrogen and oxygen atoms in total. The first-order chi connectivity index (χ1) is 10.5. The maximum Gasteiger partial charge on any atom is 0.242 e. The molecule has 0 bridgehead atoms. The molecule has 0 N–H and O–H groups in total. The average molecular weight is 298 g/mol. The smallest absolute Gasteiger partial charge is 0.242 e. The van der Waals surface area contributed by atoms with Crippen molar-refractivity contribution in [3.05, 3.63) is 11.4 Å². The predicted molar refractivity (Wildman–Crippen MR) is 88.6 cm³/mol. The summed E-state index contributed by atoms with van der Waals surface area (Å²) in [7, 11) is 0. The Labute approximate surface area is 136 Å². The number of hydrogen-bond acceptors (Lipinski definition) is 1. The van der Waals surface area contributed by atoms with Crippen LogP contribution in [-0.4, -0.2) is 6.04 Å². The maximum absolute atomic E-state index is 9.77. The van der Waals surface area contributed by atoms with Crippen LogP contribution in [0.3, 0.4) is 0 Å². The SMILES string of the molecule is [C-]#[N+]C1C(C#N)C2CC(C(C)C)CC2C2CC(C(C)C)CC21. The van der Waals surface area contributed by atoms with Gasteiger partial charge in [0.2, 0.25) is 6.04 Å². The van der Waals surface area contributed by atoms with Crippen LogP contribution in [0.15, 0.2) is 0 Å².